The van der Waals surface area contributed by atoms with E-state index in [2.05, 4.69) is 44.8 Å². The number of nitrogens with one attached hydrogen (secondary N) is 2. The van der Waals surface area contributed by atoms with E-state index in [0.717, 1.165) is 31.9 Å². The smallest absolute Gasteiger partial charge is 0.251 e. The molecule has 0 saturated carbocycles. The molecule has 0 radical (unpaired) electrons. The maximum atomic E-state index is 12.6. The van der Waals surface area contributed by atoms with Gasteiger partial charge in [-0.2, -0.15) is 0 Å². The summed E-state index contributed by atoms with van der Waals surface area (Å²) in [6.07, 6.45) is 4.77. The van der Waals surface area contributed by atoms with Gasteiger partial charge in [-0.1, -0.05) is 37.1 Å². The highest BCUT2D eigenvalue weighted by molar-refractivity contribution is 14.0. The van der Waals surface area contributed by atoms with Gasteiger partial charge in [0, 0.05) is 39.3 Å². The number of hydrogen-bond acceptors (Lipinski definition) is 3. The van der Waals surface area contributed by atoms with E-state index in [1.54, 1.807) is 7.05 Å². The number of guanidine groups is 1. The van der Waals surface area contributed by atoms with E-state index >= 15 is 0 Å². The summed E-state index contributed by atoms with van der Waals surface area (Å²) < 4.78 is 25.1. The summed E-state index contributed by atoms with van der Waals surface area (Å²) in [5.41, 5.74) is 2.68. The molecule has 0 bridgehead atoms. The first-order valence-electron chi connectivity index (χ1n) is 11.4. The second-order valence-corrected chi connectivity index (χ2v) is 8.50. The molecule has 2 saturated heterocycles. The average molecular weight is 549 g/mol. The Morgan fingerprint density at radius 2 is 1.65 bits per heavy atom. The first-order valence-corrected chi connectivity index (χ1v) is 11.4. The SMILES string of the molecule is CN=C(NCc1ccccc1CN1CCCCCC1)NC1CCN(CC(F)F)CC1.I. The monoisotopic (exact) mass is 549 g/mol. The maximum Gasteiger partial charge on any atom is 0.251 e. The number of alkyl halides is 2. The molecule has 0 amide bonds. The highest BCUT2D eigenvalue weighted by Gasteiger charge is 2.22. The van der Waals surface area contributed by atoms with E-state index in [9.17, 15) is 8.78 Å². The molecule has 2 heterocycles. The van der Waals surface area contributed by atoms with Gasteiger partial charge >= 0.3 is 0 Å². The molecule has 2 N–H and O–H groups in total. The molecule has 0 atom stereocenters. The number of nitrogens with zero attached hydrogens (tertiary/aromatic N) is 3. The molecule has 2 aliphatic rings. The summed E-state index contributed by atoms with van der Waals surface area (Å²) in [6, 6.07) is 8.92. The minimum atomic E-state index is -2.25. The third kappa shape index (κ3) is 9.18. The molecule has 1 aromatic rings. The molecular weight excluding hydrogens is 511 g/mol. The van der Waals surface area contributed by atoms with Gasteiger partial charge in [0.1, 0.15) is 0 Å². The van der Waals surface area contributed by atoms with Crippen LogP contribution < -0.4 is 10.6 Å². The Morgan fingerprint density at radius 3 is 2.26 bits per heavy atom. The fraction of sp³-hybridized carbons (Fsp3) is 0.696. The van der Waals surface area contributed by atoms with Crippen molar-refractivity contribution in [3.63, 3.8) is 0 Å². The van der Waals surface area contributed by atoms with Crippen LogP contribution in [0.5, 0.6) is 0 Å². The van der Waals surface area contributed by atoms with Crippen LogP contribution in [-0.4, -0.2) is 68.0 Å². The van der Waals surface area contributed by atoms with Crippen molar-refractivity contribution in [3.8, 4) is 0 Å². The van der Waals surface area contributed by atoms with E-state index in [-0.39, 0.29) is 36.6 Å². The van der Waals surface area contributed by atoms with Crippen LogP contribution in [0, 0.1) is 0 Å². The molecule has 31 heavy (non-hydrogen) atoms. The minimum absolute atomic E-state index is 0. The molecule has 0 unspecified atom stereocenters. The number of piperidine rings is 1. The molecule has 176 valence electrons. The molecule has 0 aliphatic carbocycles. The van der Waals surface area contributed by atoms with Gasteiger partial charge in [0.2, 0.25) is 0 Å². The number of aliphatic imine (C=N–C) groups is 1. The van der Waals surface area contributed by atoms with Crippen molar-refractivity contribution < 1.29 is 8.78 Å². The van der Waals surface area contributed by atoms with E-state index < -0.39 is 6.43 Å². The Bertz CT molecular complexity index is 657. The first kappa shape index (κ1) is 26.3. The Morgan fingerprint density at radius 1 is 1.00 bits per heavy atom. The molecular formula is C23H38F2IN5. The Balaban J connectivity index is 0.00000341. The summed E-state index contributed by atoms with van der Waals surface area (Å²) in [7, 11) is 1.78. The zero-order valence-corrected chi connectivity index (χ0v) is 21.0. The first-order chi connectivity index (χ1) is 14.6. The fourth-order valence-corrected chi connectivity index (χ4v) is 4.44. The number of hydrogen-bond donors (Lipinski definition) is 2. The van der Waals surface area contributed by atoms with E-state index in [4.69, 9.17) is 0 Å². The lowest BCUT2D eigenvalue weighted by Gasteiger charge is -2.32. The topological polar surface area (TPSA) is 42.9 Å². The zero-order valence-electron chi connectivity index (χ0n) is 18.7. The van der Waals surface area contributed by atoms with Gasteiger partial charge < -0.3 is 10.6 Å². The van der Waals surface area contributed by atoms with E-state index in [1.165, 1.54) is 49.9 Å². The van der Waals surface area contributed by atoms with Crippen LogP contribution in [0.2, 0.25) is 0 Å². The Labute approximate surface area is 203 Å². The van der Waals surface area contributed by atoms with Crippen LogP contribution in [0.3, 0.4) is 0 Å². The van der Waals surface area contributed by atoms with Crippen molar-refractivity contribution in [2.24, 2.45) is 4.99 Å². The third-order valence-corrected chi connectivity index (χ3v) is 6.21. The van der Waals surface area contributed by atoms with Crippen molar-refractivity contribution in [2.75, 3.05) is 39.8 Å². The van der Waals surface area contributed by atoms with Gasteiger partial charge in [-0.05, 0) is 49.9 Å². The maximum absolute atomic E-state index is 12.6. The summed E-state index contributed by atoms with van der Waals surface area (Å²) >= 11 is 0. The quantitative estimate of drug-likeness (QED) is 0.306. The summed E-state index contributed by atoms with van der Waals surface area (Å²) in [4.78, 5) is 8.79. The molecule has 0 aromatic heterocycles. The summed E-state index contributed by atoms with van der Waals surface area (Å²) in [5.74, 6) is 0.784. The average Bonchev–Trinajstić information content (AvgIpc) is 3.01. The Hall–Kier alpha value is -1.00. The zero-order chi connectivity index (χ0) is 21.2. The molecule has 8 heteroatoms. The van der Waals surface area contributed by atoms with E-state index in [1.807, 2.05) is 4.90 Å². The highest BCUT2D eigenvalue weighted by Crippen LogP contribution is 2.16. The molecule has 3 rings (SSSR count). The number of benzene rings is 1. The predicted octanol–water partition coefficient (Wildman–Crippen LogP) is 4.08. The van der Waals surface area contributed by atoms with E-state index in [0.29, 0.717) is 13.1 Å². The number of halogens is 3. The van der Waals surface area contributed by atoms with Gasteiger partial charge in [-0.3, -0.25) is 14.8 Å². The lowest BCUT2D eigenvalue weighted by molar-refractivity contribution is 0.0744. The van der Waals surface area contributed by atoms with Crippen molar-refractivity contribution in [2.45, 2.75) is 64.1 Å². The second kappa shape index (κ2) is 14.2. The molecule has 2 aliphatic heterocycles. The largest absolute Gasteiger partial charge is 0.354 e. The van der Waals surface area contributed by atoms with Crippen LogP contribution in [0.4, 0.5) is 8.78 Å². The van der Waals surface area contributed by atoms with Crippen molar-refractivity contribution in [1.82, 2.24) is 20.4 Å². The van der Waals surface area contributed by atoms with Crippen molar-refractivity contribution in [1.29, 1.82) is 0 Å². The van der Waals surface area contributed by atoms with Crippen LogP contribution in [0.15, 0.2) is 29.3 Å². The van der Waals surface area contributed by atoms with Crippen LogP contribution in [0.1, 0.15) is 49.7 Å². The van der Waals surface area contributed by atoms with Crippen LogP contribution >= 0.6 is 24.0 Å². The van der Waals surface area contributed by atoms with Gasteiger partial charge in [0.05, 0.1) is 6.54 Å². The third-order valence-electron chi connectivity index (χ3n) is 6.21. The van der Waals surface area contributed by atoms with Crippen LogP contribution in [-0.2, 0) is 13.1 Å². The predicted molar refractivity (Wildman–Crippen MR) is 134 cm³/mol. The highest BCUT2D eigenvalue weighted by atomic mass is 127. The Kier molecular flexibility index (Phi) is 12.0. The normalized spacial score (nSPS) is 19.7. The summed E-state index contributed by atoms with van der Waals surface area (Å²) in [6.45, 7) is 5.41. The fourth-order valence-electron chi connectivity index (χ4n) is 4.44. The molecule has 1 aromatic carbocycles. The standard InChI is InChI=1S/C23H37F2N5.HI/c1-26-23(28-21-10-14-30(15-11-21)18-22(24)25)27-16-19-8-4-5-9-20(19)17-29-12-6-2-3-7-13-29;/h4-5,8-9,21-22H,2-3,6-7,10-18H2,1H3,(H2,26,27,28);1H. The van der Waals surface area contributed by atoms with Crippen molar-refractivity contribution >= 4 is 29.9 Å². The minimum Gasteiger partial charge on any atom is -0.354 e. The molecule has 5 nitrogen and oxygen atoms in total. The van der Waals surface area contributed by atoms with Gasteiger partial charge in [0.15, 0.2) is 5.96 Å². The van der Waals surface area contributed by atoms with Crippen molar-refractivity contribution in [3.05, 3.63) is 35.4 Å². The van der Waals surface area contributed by atoms with Gasteiger partial charge in [-0.25, -0.2) is 8.78 Å². The summed E-state index contributed by atoms with van der Waals surface area (Å²) in [5, 5.41) is 6.93. The number of likely N-dealkylation sites (tertiary alicyclic amines) is 2. The lowest BCUT2D eigenvalue weighted by Crippen LogP contribution is -2.49. The molecule has 0 spiro atoms. The molecule has 2 fully saturated rings. The van der Waals surface area contributed by atoms with Crippen LogP contribution in [0.25, 0.3) is 0 Å². The number of rotatable bonds is 7. The second-order valence-electron chi connectivity index (χ2n) is 8.50. The lowest BCUT2D eigenvalue weighted by atomic mass is 10.1. The van der Waals surface area contributed by atoms with Gasteiger partial charge in [0.25, 0.3) is 6.43 Å². The van der Waals surface area contributed by atoms with Gasteiger partial charge in [-0.15, -0.1) is 24.0 Å².